The van der Waals surface area contributed by atoms with Gasteiger partial charge in [-0.2, -0.15) is 0 Å². The van der Waals surface area contributed by atoms with Crippen LogP contribution in [0.15, 0.2) is 54.6 Å². The third-order valence-corrected chi connectivity index (χ3v) is 6.68. The quantitative estimate of drug-likeness (QED) is 0.613. The topological polar surface area (TPSA) is 23.6 Å². The summed E-state index contributed by atoms with van der Waals surface area (Å²) in [6.45, 7) is 6.18. The van der Waals surface area contributed by atoms with Gasteiger partial charge in [0.25, 0.3) is 0 Å². The summed E-state index contributed by atoms with van der Waals surface area (Å²) in [5.41, 5.74) is 3.69. The average Bonchev–Trinajstić information content (AvgIpc) is 2.80. The van der Waals surface area contributed by atoms with Crippen LogP contribution in [0.5, 0.6) is 0 Å². The van der Waals surface area contributed by atoms with Crippen molar-refractivity contribution < 1.29 is 4.79 Å². The van der Waals surface area contributed by atoms with Gasteiger partial charge in [0.05, 0.1) is 0 Å². The van der Waals surface area contributed by atoms with Crippen molar-refractivity contribution >= 4 is 5.78 Å². The molecule has 1 saturated heterocycles. The molecule has 1 aliphatic heterocycles. The van der Waals surface area contributed by atoms with Crippen LogP contribution in [0.1, 0.15) is 65.9 Å². The van der Waals surface area contributed by atoms with Crippen molar-refractivity contribution in [1.82, 2.24) is 9.80 Å². The number of Topliss-reactive ketones (excluding diaryl/α,β-unsaturated/α-hetero) is 1. The van der Waals surface area contributed by atoms with Crippen molar-refractivity contribution in [2.24, 2.45) is 0 Å². The smallest absolute Gasteiger partial charge is 0.164 e. The van der Waals surface area contributed by atoms with E-state index in [1.54, 1.807) is 0 Å². The lowest BCUT2D eigenvalue weighted by Crippen LogP contribution is -2.46. The van der Waals surface area contributed by atoms with Crippen molar-refractivity contribution in [3.05, 3.63) is 71.3 Å². The number of carbonyl (C=O) groups is 1. The normalized spacial score (nSPS) is 19.3. The number of hydrogen-bond acceptors (Lipinski definition) is 3. The van der Waals surface area contributed by atoms with E-state index >= 15 is 0 Å². The Labute approximate surface area is 175 Å². The second-order valence-corrected chi connectivity index (χ2v) is 8.73. The minimum Gasteiger partial charge on any atom is -0.300 e. The molecule has 154 valence electrons. The molecule has 0 N–H and O–H groups in total. The van der Waals surface area contributed by atoms with E-state index in [0.29, 0.717) is 12.3 Å². The number of ketones is 1. The Kier molecular flexibility index (Phi) is 7.13. The van der Waals surface area contributed by atoms with Crippen molar-refractivity contribution in [2.45, 2.75) is 51.0 Å². The summed E-state index contributed by atoms with van der Waals surface area (Å²) in [6, 6.07) is 19.2. The Bertz CT molecular complexity index is 757. The molecule has 1 heterocycles. The molecule has 29 heavy (non-hydrogen) atoms. The Morgan fingerprint density at radius 3 is 2.14 bits per heavy atom. The molecule has 0 radical (unpaired) electrons. The second kappa shape index (κ2) is 10.2. The molecule has 0 bridgehead atoms. The molecule has 2 fully saturated rings. The van der Waals surface area contributed by atoms with Crippen molar-refractivity contribution in [3.63, 3.8) is 0 Å². The van der Waals surface area contributed by atoms with Crippen LogP contribution in [0.2, 0.25) is 0 Å². The van der Waals surface area contributed by atoms with E-state index in [1.165, 1.54) is 43.2 Å². The van der Waals surface area contributed by atoms with E-state index in [2.05, 4.69) is 64.4 Å². The van der Waals surface area contributed by atoms with Gasteiger partial charge in [0, 0.05) is 51.3 Å². The number of rotatable bonds is 7. The first-order chi connectivity index (χ1) is 14.3. The summed E-state index contributed by atoms with van der Waals surface area (Å²) in [5, 5.41) is 0. The lowest BCUT2D eigenvalue weighted by atomic mass is 9.84. The van der Waals surface area contributed by atoms with Gasteiger partial charge in [-0.15, -0.1) is 0 Å². The first kappa shape index (κ1) is 20.3. The molecule has 0 amide bonds. The fraction of sp³-hybridized carbons (Fsp3) is 0.500. The summed E-state index contributed by atoms with van der Waals surface area (Å²) in [5.74, 6) is 0.993. The van der Waals surface area contributed by atoms with Crippen LogP contribution in [0, 0.1) is 0 Å². The molecule has 1 aliphatic carbocycles. The van der Waals surface area contributed by atoms with Crippen LogP contribution < -0.4 is 0 Å². The molecule has 3 nitrogen and oxygen atoms in total. The standard InChI is InChI=1S/C26H34N2O/c29-26(25-13-11-24(12-14-25)23-9-5-2-6-10-23)15-16-27-17-19-28(20-18-27)21-22-7-3-1-4-8-22/h1,3-4,7-8,11-14,23H,2,5-6,9-10,15-21H2. The molecule has 3 heteroatoms. The van der Waals surface area contributed by atoms with E-state index < -0.39 is 0 Å². The molecular weight excluding hydrogens is 356 g/mol. The van der Waals surface area contributed by atoms with E-state index in [-0.39, 0.29) is 5.78 Å². The van der Waals surface area contributed by atoms with Crippen LogP contribution in [0.4, 0.5) is 0 Å². The molecule has 2 aromatic carbocycles. The van der Waals surface area contributed by atoms with E-state index in [1.807, 2.05) is 0 Å². The number of benzene rings is 2. The number of hydrogen-bond donors (Lipinski definition) is 0. The maximum Gasteiger partial charge on any atom is 0.164 e. The zero-order valence-electron chi connectivity index (χ0n) is 17.6. The monoisotopic (exact) mass is 390 g/mol. The van der Waals surface area contributed by atoms with Crippen LogP contribution >= 0.6 is 0 Å². The van der Waals surface area contributed by atoms with Gasteiger partial charge in [-0.05, 0) is 29.9 Å². The maximum atomic E-state index is 12.6. The Morgan fingerprint density at radius 1 is 0.793 bits per heavy atom. The van der Waals surface area contributed by atoms with Crippen molar-refractivity contribution in [1.29, 1.82) is 0 Å². The van der Waals surface area contributed by atoms with Gasteiger partial charge in [-0.3, -0.25) is 9.69 Å². The third-order valence-electron chi connectivity index (χ3n) is 6.68. The minimum atomic E-state index is 0.284. The van der Waals surface area contributed by atoms with Crippen LogP contribution in [-0.4, -0.2) is 48.3 Å². The van der Waals surface area contributed by atoms with Crippen molar-refractivity contribution in [3.8, 4) is 0 Å². The maximum absolute atomic E-state index is 12.6. The first-order valence-electron chi connectivity index (χ1n) is 11.4. The molecule has 0 spiro atoms. The SMILES string of the molecule is O=C(CCN1CCN(Cc2ccccc2)CC1)c1ccc(C2CCCCC2)cc1. The van der Waals surface area contributed by atoms with Crippen LogP contribution in [0.3, 0.4) is 0 Å². The number of carbonyl (C=O) groups excluding carboxylic acids is 1. The van der Waals surface area contributed by atoms with Gasteiger partial charge >= 0.3 is 0 Å². The summed E-state index contributed by atoms with van der Waals surface area (Å²) in [7, 11) is 0. The molecule has 0 unspecified atom stereocenters. The fourth-order valence-electron chi connectivity index (χ4n) is 4.79. The van der Waals surface area contributed by atoms with Gasteiger partial charge in [0.2, 0.25) is 0 Å². The van der Waals surface area contributed by atoms with E-state index in [4.69, 9.17) is 0 Å². The summed E-state index contributed by atoms with van der Waals surface area (Å²) in [4.78, 5) is 17.6. The summed E-state index contributed by atoms with van der Waals surface area (Å²) >= 11 is 0. The van der Waals surface area contributed by atoms with Gasteiger partial charge in [-0.1, -0.05) is 73.9 Å². The molecule has 0 atom stereocenters. The largest absolute Gasteiger partial charge is 0.300 e. The zero-order chi connectivity index (χ0) is 19.9. The summed E-state index contributed by atoms with van der Waals surface area (Å²) < 4.78 is 0. The molecule has 1 saturated carbocycles. The van der Waals surface area contributed by atoms with E-state index in [9.17, 15) is 4.79 Å². The molecule has 2 aromatic rings. The van der Waals surface area contributed by atoms with Crippen molar-refractivity contribution in [2.75, 3.05) is 32.7 Å². The summed E-state index contributed by atoms with van der Waals surface area (Å²) in [6.07, 6.45) is 7.33. The highest BCUT2D eigenvalue weighted by molar-refractivity contribution is 5.96. The van der Waals surface area contributed by atoms with Crippen LogP contribution in [-0.2, 0) is 6.54 Å². The average molecular weight is 391 g/mol. The van der Waals surface area contributed by atoms with Gasteiger partial charge in [0.1, 0.15) is 0 Å². The number of piperazine rings is 1. The molecule has 4 rings (SSSR count). The Morgan fingerprint density at radius 2 is 1.45 bits per heavy atom. The molecular formula is C26H34N2O. The highest BCUT2D eigenvalue weighted by Crippen LogP contribution is 2.32. The van der Waals surface area contributed by atoms with Crippen LogP contribution in [0.25, 0.3) is 0 Å². The fourth-order valence-corrected chi connectivity index (χ4v) is 4.79. The van der Waals surface area contributed by atoms with Gasteiger partial charge in [0.15, 0.2) is 5.78 Å². The zero-order valence-corrected chi connectivity index (χ0v) is 17.6. The highest BCUT2D eigenvalue weighted by Gasteiger charge is 2.19. The minimum absolute atomic E-state index is 0.284. The predicted molar refractivity (Wildman–Crippen MR) is 119 cm³/mol. The highest BCUT2D eigenvalue weighted by atomic mass is 16.1. The lowest BCUT2D eigenvalue weighted by Gasteiger charge is -2.34. The van der Waals surface area contributed by atoms with Gasteiger partial charge < -0.3 is 4.90 Å². The first-order valence-corrected chi connectivity index (χ1v) is 11.4. The molecule has 2 aliphatic rings. The predicted octanol–water partition coefficient (Wildman–Crippen LogP) is 5.12. The lowest BCUT2D eigenvalue weighted by molar-refractivity contribution is 0.0922. The van der Waals surface area contributed by atoms with Gasteiger partial charge in [-0.25, -0.2) is 0 Å². The number of nitrogens with zero attached hydrogens (tertiary/aromatic N) is 2. The Hall–Kier alpha value is -1.97. The third kappa shape index (κ3) is 5.77. The molecule has 0 aromatic heterocycles. The second-order valence-electron chi connectivity index (χ2n) is 8.73. The Balaban J connectivity index is 1.20. The van der Waals surface area contributed by atoms with E-state index in [0.717, 1.165) is 44.8 Å².